The first kappa shape index (κ1) is 62.2. The number of amides is 3. The van der Waals surface area contributed by atoms with E-state index in [1.807, 2.05) is 138 Å². The molecule has 0 heterocycles. The van der Waals surface area contributed by atoms with Crippen molar-refractivity contribution >= 4 is 68.6 Å². The van der Waals surface area contributed by atoms with E-state index in [-0.39, 0.29) is 0 Å². The lowest BCUT2D eigenvalue weighted by molar-refractivity contribution is 0.0971. The summed E-state index contributed by atoms with van der Waals surface area (Å²) in [6, 6.07) is 0. The minimum Gasteiger partial charge on any atom is -0.398 e. The van der Waals surface area contributed by atoms with Crippen molar-refractivity contribution in [3.05, 3.63) is 139 Å². The fraction of sp³-hybridized carbons (Fsp3) is 0.411. The summed E-state index contributed by atoms with van der Waals surface area (Å²) in [5.74, 6) is -0.414. The molecule has 15 nitrogen and oxygen atoms in total. The van der Waals surface area contributed by atoms with Crippen molar-refractivity contribution in [2.45, 2.75) is 152 Å². The Kier molecular flexibility index (Phi) is 21.0. The number of hydrogen-bond acceptors (Lipinski definition) is 12. The van der Waals surface area contributed by atoms with Crippen molar-refractivity contribution in [3.8, 4) is 11.5 Å². The molecule has 0 fully saturated rings. The van der Waals surface area contributed by atoms with Gasteiger partial charge in [0.1, 0.15) is 11.5 Å². The van der Waals surface area contributed by atoms with Gasteiger partial charge in [0.15, 0.2) is 0 Å². The van der Waals surface area contributed by atoms with E-state index >= 15 is 0 Å². The second-order valence-electron chi connectivity index (χ2n) is 19.1. The molecule has 0 bridgehead atoms. The number of carbonyl (C=O) groups excluding carboxylic acids is 3. The average molecular weight is 1080 g/mol. The standard InChI is InChI=1S/2C22H30N2O3S.C12H18N2O3S/c2*1-10-13(4)17(8)21(18(9)14(10)5)27-28(26)24-22(25)19-15(6)11(2)12(3)16(7)20(19)23;1-6-7(2)9(4)11(13)10(8(6)3)12(15)14-18(16)17-5/h2*23H2,1-9H3,(H,24,25);13H2,1-5H3,(H,14,15). The van der Waals surface area contributed by atoms with Gasteiger partial charge in [-0.25, -0.2) is 18.4 Å². The molecule has 0 aliphatic rings. The first-order chi connectivity index (χ1) is 34.1. The topological polar surface area (TPSA) is 244 Å². The summed E-state index contributed by atoms with van der Waals surface area (Å²) >= 11 is -5.92. The largest absolute Gasteiger partial charge is 0.398 e. The van der Waals surface area contributed by atoms with Gasteiger partial charge < -0.3 is 25.6 Å². The van der Waals surface area contributed by atoms with Gasteiger partial charge in [0.25, 0.3) is 29.0 Å². The molecule has 404 valence electrons. The van der Waals surface area contributed by atoms with E-state index < -0.39 is 51.5 Å². The van der Waals surface area contributed by atoms with Gasteiger partial charge in [-0.15, -0.1) is 0 Å². The Morgan fingerprint density at radius 2 is 0.473 bits per heavy atom. The quantitative estimate of drug-likeness (QED) is 0.0677. The first-order valence-electron chi connectivity index (χ1n) is 23.9. The minimum atomic E-state index is -2.04. The second-order valence-corrected chi connectivity index (χ2v) is 21.8. The van der Waals surface area contributed by atoms with Crippen LogP contribution in [0.25, 0.3) is 0 Å². The van der Waals surface area contributed by atoms with Gasteiger partial charge in [0.2, 0.25) is 0 Å². The van der Waals surface area contributed by atoms with Crippen LogP contribution in [0.15, 0.2) is 0 Å². The van der Waals surface area contributed by atoms with Crippen LogP contribution in [0.5, 0.6) is 11.5 Å². The molecule has 5 aromatic rings. The Morgan fingerprint density at radius 1 is 0.297 bits per heavy atom. The van der Waals surface area contributed by atoms with Gasteiger partial charge >= 0.3 is 22.5 Å². The Hall–Kier alpha value is -6.08. The lowest BCUT2D eigenvalue weighted by Gasteiger charge is -2.19. The molecule has 3 unspecified atom stereocenters. The maximum Gasteiger partial charge on any atom is 0.318 e. The zero-order chi connectivity index (χ0) is 57.0. The molecule has 18 heteroatoms. The van der Waals surface area contributed by atoms with Crippen LogP contribution < -0.4 is 39.7 Å². The highest BCUT2D eigenvalue weighted by molar-refractivity contribution is 7.79. The third-order valence-electron chi connectivity index (χ3n) is 15.7. The zero-order valence-electron chi connectivity index (χ0n) is 47.6. The van der Waals surface area contributed by atoms with Crippen LogP contribution in [0.2, 0.25) is 0 Å². The molecule has 5 rings (SSSR count). The van der Waals surface area contributed by atoms with Gasteiger partial charge in [0, 0.05) is 17.1 Å². The van der Waals surface area contributed by atoms with Gasteiger partial charge in [-0.1, -0.05) is 0 Å². The molecular weight excluding hydrogens is 997 g/mol. The smallest absolute Gasteiger partial charge is 0.318 e. The van der Waals surface area contributed by atoms with E-state index in [4.69, 9.17) is 25.6 Å². The van der Waals surface area contributed by atoms with Crippen molar-refractivity contribution < 1.29 is 39.6 Å². The predicted octanol–water partition coefficient (Wildman–Crippen LogP) is 10.3. The van der Waals surface area contributed by atoms with E-state index in [1.54, 1.807) is 0 Å². The lowest BCUT2D eigenvalue weighted by atomic mass is 9.92. The molecule has 0 aromatic heterocycles. The number of anilines is 3. The highest BCUT2D eigenvalue weighted by Gasteiger charge is 2.25. The molecule has 74 heavy (non-hydrogen) atoms. The zero-order valence-corrected chi connectivity index (χ0v) is 50.1. The van der Waals surface area contributed by atoms with Gasteiger partial charge in [-0.3, -0.25) is 18.6 Å². The fourth-order valence-electron chi connectivity index (χ4n) is 8.70. The highest BCUT2D eigenvalue weighted by Crippen LogP contribution is 2.35. The molecule has 5 aromatic carbocycles. The lowest BCUT2D eigenvalue weighted by Crippen LogP contribution is -2.31. The molecule has 0 spiro atoms. The monoisotopic (exact) mass is 1070 g/mol. The molecule has 0 saturated heterocycles. The Bertz CT molecular complexity index is 2890. The maximum atomic E-state index is 12.8. The van der Waals surface area contributed by atoms with E-state index in [1.165, 1.54) is 18.2 Å². The van der Waals surface area contributed by atoms with Crippen molar-refractivity contribution in [3.63, 3.8) is 0 Å². The number of nitrogen functional groups attached to an aromatic ring is 3. The minimum absolute atomic E-state index is 0.349. The van der Waals surface area contributed by atoms with Crippen LogP contribution in [0.4, 0.5) is 17.1 Å². The number of nitrogens with two attached hydrogens (primary N) is 3. The summed E-state index contributed by atoms with van der Waals surface area (Å²) in [4.78, 5) is 37.6. The summed E-state index contributed by atoms with van der Waals surface area (Å²) in [6.07, 6.45) is 0. The average Bonchev–Trinajstić information content (AvgIpc) is 3.35. The SMILES string of the molecule is COS(=O)NC(=O)c1c(C)c(C)c(C)c(C)c1N.Cc1c(C)c(C)c(OS(=O)NC(=O)c2c(C)c(C)c(C)c(C)c2N)c(C)c1C.Cc1c(C)c(C)c(OS(=O)NC(=O)c2c(C)c(C)c(C)c(C)c2N)c(C)c1C. The van der Waals surface area contributed by atoms with Gasteiger partial charge in [0.05, 0.1) is 23.8 Å². The van der Waals surface area contributed by atoms with Crippen molar-refractivity contribution in [2.75, 3.05) is 24.3 Å². The number of carbonyl (C=O) groups is 3. The van der Waals surface area contributed by atoms with Crippen molar-refractivity contribution in [2.24, 2.45) is 0 Å². The van der Waals surface area contributed by atoms with Gasteiger partial charge in [-0.05, 0) is 275 Å². The Balaban J connectivity index is 0.000000301. The summed E-state index contributed by atoms with van der Waals surface area (Å²) < 4.78 is 59.3. The van der Waals surface area contributed by atoms with Crippen LogP contribution in [-0.4, -0.2) is 37.5 Å². The fourth-order valence-corrected chi connectivity index (χ4v) is 10.4. The number of hydrogen-bond donors (Lipinski definition) is 6. The summed E-state index contributed by atoms with van der Waals surface area (Å²) in [5.41, 5.74) is 42.2. The number of nitrogens with one attached hydrogen (secondary N) is 3. The maximum absolute atomic E-state index is 12.8. The molecule has 0 radical (unpaired) electrons. The molecule has 9 N–H and O–H groups in total. The summed E-state index contributed by atoms with van der Waals surface area (Å²) in [7, 11) is 1.25. The third kappa shape index (κ3) is 12.7. The molecule has 3 atom stereocenters. The predicted molar refractivity (Wildman–Crippen MR) is 305 cm³/mol. The van der Waals surface area contributed by atoms with Crippen LogP contribution in [0.1, 0.15) is 153 Å². The van der Waals surface area contributed by atoms with Crippen molar-refractivity contribution in [1.82, 2.24) is 14.2 Å². The molecule has 0 aliphatic carbocycles. The van der Waals surface area contributed by atoms with Crippen LogP contribution in [0, 0.1) is 152 Å². The van der Waals surface area contributed by atoms with Crippen LogP contribution in [-0.2, 0) is 38.0 Å². The molecule has 0 saturated carbocycles. The van der Waals surface area contributed by atoms with Crippen LogP contribution in [0.3, 0.4) is 0 Å². The van der Waals surface area contributed by atoms with E-state index in [0.29, 0.717) is 45.3 Å². The number of benzene rings is 5. The normalized spacial score (nSPS) is 12.1. The van der Waals surface area contributed by atoms with Crippen LogP contribution >= 0.6 is 0 Å². The summed E-state index contributed by atoms with van der Waals surface area (Å²) in [5, 5.41) is 0. The Morgan fingerprint density at radius 3 is 0.689 bits per heavy atom. The first-order valence-corrected chi connectivity index (χ1v) is 27.1. The van der Waals surface area contributed by atoms with Crippen molar-refractivity contribution in [1.29, 1.82) is 0 Å². The number of rotatable bonds is 11. The van der Waals surface area contributed by atoms with E-state index in [9.17, 15) is 27.0 Å². The second kappa shape index (κ2) is 25.0. The van der Waals surface area contributed by atoms with E-state index in [2.05, 4.69) is 32.2 Å². The molecule has 3 amide bonds. The van der Waals surface area contributed by atoms with Gasteiger partial charge in [-0.2, -0.15) is 8.42 Å². The highest BCUT2D eigenvalue weighted by atomic mass is 32.2. The third-order valence-corrected chi connectivity index (χ3v) is 17.7. The van der Waals surface area contributed by atoms with E-state index in [0.717, 1.165) is 111 Å². The molecule has 0 aliphatic heterocycles. The molecular formula is C56H78N6O9S3. The summed E-state index contributed by atoms with van der Waals surface area (Å²) in [6.45, 7) is 42.7. The Labute approximate surface area is 447 Å².